The van der Waals surface area contributed by atoms with Crippen molar-refractivity contribution in [3.05, 3.63) is 69.9 Å². The summed E-state index contributed by atoms with van der Waals surface area (Å²) in [7, 11) is 0. The minimum absolute atomic E-state index is 0.191. The number of benzene rings is 2. The largest absolute Gasteiger partial charge is 0.508 e. The summed E-state index contributed by atoms with van der Waals surface area (Å²) in [5.74, 6) is 1.60. The molecule has 0 spiro atoms. The average Bonchev–Trinajstić information content (AvgIpc) is 2.85. The Kier molecular flexibility index (Phi) is 8.13. The Hall–Kier alpha value is -3.25. The first kappa shape index (κ1) is 24.9. The molecule has 2 aliphatic rings. The number of piperidine rings is 1. The molecule has 1 amide bonds. The van der Waals surface area contributed by atoms with Crippen LogP contribution >= 0.6 is 0 Å². The van der Waals surface area contributed by atoms with Gasteiger partial charge in [0, 0.05) is 22.7 Å². The molecule has 35 heavy (non-hydrogen) atoms. The zero-order valence-electron chi connectivity index (χ0n) is 20.9. The molecule has 0 aromatic heterocycles. The normalized spacial score (nSPS) is 17.0. The second-order valence-electron chi connectivity index (χ2n) is 9.63. The maximum atomic E-state index is 12.9. The predicted molar refractivity (Wildman–Crippen MR) is 139 cm³/mol. The van der Waals surface area contributed by atoms with E-state index in [9.17, 15) is 9.90 Å². The zero-order chi connectivity index (χ0) is 24.8. The number of phenols is 1. The molecule has 2 aromatic carbocycles. The molecule has 1 saturated heterocycles. The summed E-state index contributed by atoms with van der Waals surface area (Å²) in [4.78, 5) is 12.9. The fraction of sp³-hybridized carbons (Fsp3) is 0.414. The van der Waals surface area contributed by atoms with Crippen LogP contribution in [0, 0.1) is 6.92 Å². The lowest BCUT2D eigenvalue weighted by Crippen LogP contribution is -2.35. The lowest BCUT2D eigenvalue weighted by molar-refractivity contribution is 0.0961. The number of ether oxygens (including phenoxy) is 2. The third-order valence-electron chi connectivity index (χ3n) is 6.57. The van der Waals surface area contributed by atoms with Crippen molar-refractivity contribution in [2.24, 2.45) is 0 Å². The van der Waals surface area contributed by atoms with Gasteiger partial charge in [-0.25, -0.2) is 0 Å². The Morgan fingerprint density at radius 2 is 2.11 bits per heavy atom. The van der Waals surface area contributed by atoms with E-state index in [-0.39, 0.29) is 18.3 Å². The van der Waals surface area contributed by atoms with Crippen molar-refractivity contribution in [2.45, 2.75) is 58.9 Å². The van der Waals surface area contributed by atoms with Crippen molar-refractivity contribution in [3.8, 4) is 17.2 Å². The summed E-state index contributed by atoms with van der Waals surface area (Å²) in [5.41, 5.74) is 4.97. The van der Waals surface area contributed by atoms with Crippen LogP contribution in [0.5, 0.6) is 17.2 Å². The lowest BCUT2D eigenvalue weighted by atomic mass is 10.0. The smallest absolute Gasteiger partial charge is 0.255 e. The van der Waals surface area contributed by atoms with E-state index in [1.807, 2.05) is 45.1 Å². The topological polar surface area (TPSA) is 79.8 Å². The maximum Gasteiger partial charge on any atom is 0.255 e. The van der Waals surface area contributed by atoms with E-state index >= 15 is 0 Å². The van der Waals surface area contributed by atoms with Crippen LogP contribution in [0.15, 0.2) is 47.7 Å². The first-order chi connectivity index (χ1) is 16.9. The van der Waals surface area contributed by atoms with E-state index in [1.54, 1.807) is 18.2 Å². The van der Waals surface area contributed by atoms with Gasteiger partial charge in [-0.1, -0.05) is 18.1 Å². The third kappa shape index (κ3) is 6.45. The molecule has 0 bridgehead atoms. The average molecular weight is 477 g/mol. The number of amides is 1. The van der Waals surface area contributed by atoms with Crippen molar-refractivity contribution < 1.29 is 19.4 Å². The van der Waals surface area contributed by atoms with Crippen LogP contribution < -0.4 is 20.1 Å². The van der Waals surface area contributed by atoms with Gasteiger partial charge >= 0.3 is 0 Å². The van der Waals surface area contributed by atoms with Gasteiger partial charge in [-0.05, 0) is 95.0 Å². The molecule has 0 saturated carbocycles. The Morgan fingerprint density at radius 1 is 1.26 bits per heavy atom. The predicted octanol–water partition coefficient (Wildman–Crippen LogP) is 5.28. The van der Waals surface area contributed by atoms with Crippen molar-refractivity contribution >= 4 is 12.0 Å². The van der Waals surface area contributed by atoms with Gasteiger partial charge in [-0.2, -0.15) is 0 Å². The van der Waals surface area contributed by atoms with Crippen molar-refractivity contribution in [1.82, 2.24) is 10.6 Å². The quantitative estimate of drug-likeness (QED) is 0.452. The standard InChI is InChI=1S/C29H36N2O4/c1-19(2)7-8-21-16-23(9-11-26(21)32)29(33)31-25-17-22-10-12-27(20(3)28(22)35-18-25)34-15-13-24-6-4-5-14-30-24/h7,9-12,16-17,24,30,32H,4-6,8,13-15,18H2,1-3H3,(H,31,33). The Balaban J connectivity index is 1.39. The molecule has 4 rings (SSSR count). The molecule has 2 aromatic rings. The van der Waals surface area contributed by atoms with Gasteiger partial charge in [-0.3, -0.25) is 4.79 Å². The van der Waals surface area contributed by atoms with E-state index in [0.717, 1.165) is 46.7 Å². The second kappa shape index (κ2) is 11.5. The number of aromatic hydroxyl groups is 1. The Bertz CT molecular complexity index is 1130. The highest BCUT2D eigenvalue weighted by atomic mass is 16.5. The third-order valence-corrected chi connectivity index (χ3v) is 6.57. The molecular formula is C29H36N2O4. The molecule has 1 fully saturated rings. The number of carbonyl (C=O) groups excluding carboxylic acids is 1. The Labute approximate surface area is 208 Å². The van der Waals surface area contributed by atoms with Crippen molar-refractivity contribution in [2.75, 3.05) is 19.8 Å². The van der Waals surface area contributed by atoms with Gasteiger partial charge in [0.2, 0.25) is 0 Å². The fourth-order valence-electron chi connectivity index (χ4n) is 4.51. The number of carbonyl (C=O) groups is 1. The summed E-state index contributed by atoms with van der Waals surface area (Å²) in [6, 6.07) is 9.43. The molecular weight excluding hydrogens is 440 g/mol. The number of fused-ring (bicyclic) bond motifs is 1. The second-order valence-corrected chi connectivity index (χ2v) is 9.63. The van der Waals surface area contributed by atoms with E-state index in [1.165, 1.54) is 19.3 Å². The van der Waals surface area contributed by atoms with Crippen LogP contribution in [0.2, 0.25) is 0 Å². The van der Waals surface area contributed by atoms with Crippen LogP contribution in [0.4, 0.5) is 0 Å². The molecule has 3 N–H and O–H groups in total. The van der Waals surface area contributed by atoms with Gasteiger partial charge < -0.3 is 25.2 Å². The van der Waals surface area contributed by atoms with Gasteiger partial charge in [-0.15, -0.1) is 0 Å². The maximum absolute atomic E-state index is 12.9. The van der Waals surface area contributed by atoms with E-state index in [2.05, 4.69) is 10.6 Å². The molecule has 1 unspecified atom stereocenters. The minimum atomic E-state index is -0.227. The molecule has 6 nitrogen and oxygen atoms in total. The van der Waals surface area contributed by atoms with Gasteiger partial charge in [0.1, 0.15) is 23.9 Å². The Morgan fingerprint density at radius 3 is 2.89 bits per heavy atom. The first-order valence-corrected chi connectivity index (χ1v) is 12.5. The number of phenolic OH excluding ortho intramolecular Hbond substituents is 1. The molecule has 186 valence electrons. The van der Waals surface area contributed by atoms with Crippen LogP contribution in [0.25, 0.3) is 6.08 Å². The summed E-state index contributed by atoms with van der Waals surface area (Å²) >= 11 is 0. The van der Waals surface area contributed by atoms with E-state index < -0.39 is 0 Å². The van der Waals surface area contributed by atoms with Crippen LogP contribution in [-0.4, -0.2) is 36.8 Å². The van der Waals surface area contributed by atoms with Gasteiger partial charge in [0.05, 0.1) is 12.3 Å². The highest BCUT2D eigenvalue weighted by molar-refractivity contribution is 5.96. The summed E-state index contributed by atoms with van der Waals surface area (Å²) < 4.78 is 12.1. The monoisotopic (exact) mass is 476 g/mol. The first-order valence-electron chi connectivity index (χ1n) is 12.5. The zero-order valence-corrected chi connectivity index (χ0v) is 20.9. The fourth-order valence-corrected chi connectivity index (χ4v) is 4.51. The minimum Gasteiger partial charge on any atom is -0.508 e. The van der Waals surface area contributed by atoms with Crippen LogP contribution in [0.1, 0.15) is 66.6 Å². The van der Waals surface area contributed by atoms with Crippen LogP contribution in [0.3, 0.4) is 0 Å². The summed E-state index contributed by atoms with van der Waals surface area (Å²) in [6.07, 6.45) is 9.33. The summed E-state index contributed by atoms with van der Waals surface area (Å²) in [5, 5.41) is 16.6. The van der Waals surface area contributed by atoms with E-state index in [4.69, 9.17) is 9.47 Å². The molecule has 1 atom stereocenters. The number of nitrogens with one attached hydrogen (secondary N) is 2. The molecule has 2 heterocycles. The molecule has 0 aliphatic carbocycles. The molecule has 6 heteroatoms. The summed E-state index contributed by atoms with van der Waals surface area (Å²) in [6.45, 7) is 8.08. The van der Waals surface area contributed by atoms with Crippen LogP contribution in [-0.2, 0) is 6.42 Å². The molecule has 2 aliphatic heterocycles. The number of hydrogen-bond donors (Lipinski definition) is 3. The van der Waals surface area contributed by atoms with Crippen molar-refractivity contribution in [3.63, 3.8) is 0 Å². The van der Waals surface area contributed by atoms with Gasteiger partial charge in [0.15, 0.2) is 0 Å². The molecule has 0 radical (unpaired) electrons. The van der Waals surface area contributed by atoms with Crippen molar-refractivity contribution in [1.29, 1.82) is 0 Å². The highest BCUT2D eigenvalue weighted by Crippen LogP contribution is 2.35. The number of allylic oxidation sites excluding steroid dienone is 2. The number of hydrogen-bond acceptors (Lipinski definition) is 5. The van der Waals surface area contributed by atoms with Gasteiger partial charge in [0.25, 0.3) is 5.91 Å². The van der Waals surface area contributed by atoms with E-state index in [0.29, 0.717) is 30.3 Å². The highest BCUT2D eigenvalue weighted by Gasteiger charge is 2.19. The number of rotatable bonds is 8. The SMILES string of the molecule is CC(C)=CCc1cc(C(=O)NC2=Cc3ccc(OCCC4CCCCN4)c(C)c3OC2)ccc1O. The lowest BCUT2D eigenvalue weighted by Gasteiger charge is -2.24.